The number of hydrogen-bond donors (Lipinski definition) is 3. The lowest BCUT2D eigenvalue weighted by Gasteiger charge is -2.34. The second-order valence-corrected chi connectivity index (χ2v) is 13.2. The van der Waals surface area contributed by atoms with Crippen molar-refractivity contribution in [3.63, 3.8) is 0 Å². The quantitative estimate of drug-likeness (QED) is 0.174. The van der Waals surface area contributed by atoms with E-state index >= 15 is 0 Å². The predicted molar refractivity (Wildman–Crippen MR) is 187 cm³/mol. The van der Waals surface area contributed by atoms with Crippen LogP contribution in [0, 0.1) is 5.92 Å². The minimum absolute atomic E-state index is 0.0494. The van der Waals surface area contributed by atoms with E-state index in [1.807, 2.05) is 60.7 Å². The first-order chi connectivity index (χ1) is 23.5. The van der Waals surface area contributed by atoms with Crippen molar-refractivity contribution in [2.45, 2.75) is 50.9 Å². The third-order valence-electron chi connectivity index (χ3n) is 8.41. The van der Waals surface area contributed by atoms with Crippen LogP contribution in [-0.4, -0.2) is 69.2 Å². The van der Waals surface area contributed by atoms with Gasteiger partial charge in [-0.1, -0.05) is 72.3 Å². The number of likely N-dealkylation sites (tertiary alicyclic amines) is 1. The van der Waals surface area contributed by atoms with E-state index in [-0.39, 0.29) is 36.6 Å². The van der Waals surface area contributed by atoms with Crippen LogP contribution in [0.15, 0.2) is 97.5 Å². The number of carbonyl (C=O) groups excluding carboxylic acids is 4. The van der Waals surface area contributed by atoms with Crippen LogP contribution in [0.25, 0.3) is 0 Å². The third kappa shape index (κ3) is 9.41. The zero-order valence-electron chi connectivity index (χ0n) is 27.6. The smallest absolute Gasteiger partial charge is 0.250 e. The van der Waals surface area contributed by atoms with Gasteiger partial charge in [-0.05, 0) is 62.1 Å². The summed E-state index contributed by atoms with van der Waals surface area (Å²) in [5, 5.41) is 6.00. The van der Waals surface area contributed by atoms with Gasteiger partial charge in [-0.3, -0.25) is 19.2 Å². The Kier molecular flexibility index (Phi) is 11.6. The highest BCUT2D eigenvalue weighted by atomic mass is 35.5. The summed E-state index contributed by atoms with van der Waals surface area (Å²) >= 11 is 5.99. The highest BCUT2D eigenvalue weighted by Gasteiger charge is 2.33. The summed E-state index contributed by atoms with van der Waals surface area (Å²) in [7, 11) is 0. The fourth-order valence-corrected chi connectivity index (χ4v) is 5.74. The molecule has 4 aromatic rings. The van der Waals surface area contributed by atoms with E-state index in [9.17, 15) is 19.2 Å². The number of ether oxygens (including phenoxy) is 1. The summed E-state index contributed by atoms with van der Waals surface area (Å²) in [5.74, 6) is -1.16. The predicted octanol–water partition coefficient (Wildman–Crippen LogP) is 4.62. The van der Waals surface area contributed by atoms with Gasteiger partial charge < -0.3 is 30.6 Å². The molecular formula is C37H41ClN6O5. The topological polar surface area (TPSA) is 149 Å². The molecule has 5 rings (SSSR count). The van der Waals surface area contributed by atoms with E-state index < -0.39 is 29.4 Å². The van der Waals surface area contributed by atoms with Crippen LogP contribution in [0.3, 0.4) is 0 Å². The average Bonchev–Trinajstić information content (AvgIpc) is 3.56. The van der Waals surface area contributed by atoms with E-state index in [2.05, 4.69) is 15.6 Å². The number of halogens is 1. The number of nitrogens with two attached hydrogens (primary N) is 1. The number of aromatic nitrogens is 2. The maximum absolute atomic E-state index is 14.1. The first kappa shape index (κ1) is 35.5. The van der Waals surface area contributed by atoms with Crippen LogP contribution in [0.5, 0.6) is 0 Å². The largest absolute Gasteiger partial charge is 0.374 e. The molecule has 1 aliphatic heterocycles. The van der Waals surface area contributed by atoms with Crippen LogP contribution in [-0.2, 0) is 25.7 Å². The number of piperidine rings is 1. The molecule has 256 valence electrons. The van der Waals surface area contributed by atoms with E-state index in [0.717, 1.165) is 11.1 Å². The van der Waals surface area contributed by atoms with Gasteiger partial charge in [-0.2, -0.15) is 0 Å². The van der Waals surface area contributed by atoms with E-state index in [4.69, 9.17) is 22.1 Å². The number of Topliss-reactive ketones (excluding diaryl/α,β-unsaturated/α-hetero) is 1. The standard InChI is InChI=1S/C37H41ClN6O5/c1-37(2,39)36(48)41-30(23-49-22-25-9-5-3-6-10-25)34(46)42-31-21-44(24-40-31)32(26-11-7-4-8-12-26)35(47)43-19-17-28(18-20-43)33(45)27-13-15-29(38)16-14-27/h3-16,21,24,28,30,32H,17-20,22-23,39H2,1-2H3,(H,41,48)(H,42,46). The minimum atomic E-state index is -1.22. The third-order valence-corrected chi connectivity index (χ3v) is 8.66. The molecule has 2 heterocycles. The van der Waals surface area contributed by atoms with Crippen molar-refractivity contribution in [3.05, 3.63) is 119 Å². The Morgan fingerprint density at radius 2 is 1.59 bits per heavy atom. The number of imidazole rings is 1. The van der Waals surface area contributed by atoms with Gasteiger partial charge in [0, 0.05) is 35.8 Å². The number of hydrogen-bond acceptors (Lipinski definition) is 7. The highest BCUT2D eigenvalue weighted by Crippen LogP contribution is 2.28. The molecule has 0 aliphatic carbocycles. The van der Waals surface area contributed by atoms with Crippen LogP contribution < -0.4 is 16.4 Å². The lowest BCUT2D eigenvalue weighted by atomic mass is 9.88. The molecule has 1 aromatic heterocycles. The summed E-state index contributed by atoms with van der Waals surface area (Å²) < 4.78 is 7.44. The van der Waals surface area contributed by atoms with Gasteiger partial charge in [0.2, 0.25) is 11.8 Å². The Morgan fingerprint density at radius 3 is 2.22 bits per heavy atom. The van der Waals surface area contributed by atoms with Gasteiger partial charge in [0.05, 0.1) is 25.1 Å². The van der Waals surface area contributed by atoms with Crippen molar-refractivity contribution in [1.29, 1.82) is 0 Å². The van der Waals surface area contributed by atoms with Gasteiger partial charge in [0.25, 0.3) is 5.91 Å². The molecule has 12 heteroatoms. The molecule has 0 bridgehead atoms. The molecule has 2 atom stereocenters. The van der Waals surface area contributed by atoms with Gasteiger partial charge in [-0.25, -0.2) is 4.98 Å². The average molecular weight is 685 g/mol. The molecule has 0 radical (unpaired) electrons. The summed E-state index contributed by atoms with van der Waals surface area (Å²) in [6.45, 7) is 4.08. The monoisotopic (exact) mass is 684 g/mol. The normalized spacial score (nSPS) is 14.9. The summed E-state index contributed by atoms with van der Waals surface area (Å²) in [5.41, 5.74) is 7.03. The summed E-state index contributed by atoms with van der Waals surface area (Å²) in [6.07, 6.45) is 4.16. The van der Waals surface area contributed by atoms with Crippen LogP contribution in [0.4, 0.5) is 5.82 Å². The number of ketones is 1. The number of nitrogens with one attached hydrogen (secondary N) is 2. The molecule has 3 amide bonds. The Balaban J connectivity index is 1.27. The first-order valence-electron chi connectivity index (χ1n) is 16.2. The van der Waals surface area contributed by atoms with Crippen molar-refractivity contribution in [1.82, 2.24) is 19.8 Å². The minimum Gasteiger partial charge on any atom is -0.374 e. The van der Waals surface area contributed by atoms with Gasteiger partial charge in [-0.15, -0.1) is 0 Å². The number of anilines is 1. The van der Waals surface area contributed by atoms with Crippen molar-refractivity contribution < 1.29 is 23.9 Å². The SMILES string of the molecule is CC(C)(N)C(=O)NC(COCc1ccccc1)C(=O)Nc1cn(C(C(=O)N2CCC(C(=O)c3ccc(Cl)cc3)CC2)c2ccccc2)cn1. The van der Waals surface area contributed by atoms with E-state index in [1.54, 1.807) is 53.8 Å². The van der Waals surface area contributed by atoms with Gasteiger partial charge >= 0.3 is 0 Å². The maximum atomic E-state index is 14.1. The fraction of sp³-hybridized carbons (Fsp3) is 0.324. The van der Waals surface area contributed by atoms with Gasteiger partial charge in [0.15, 0.2) is 11.6 Å². The zero-order chi connectivity index (χ0) is 35.0. The van der Waals surface area contributed by atoms with Crippen molar-refractivity contribution >= 4 is 40.9 Å². The number of nitrogens with zero attached hydrogens (tertiary/aromatic N) is 3. The summed E-state index contributed by atoms with van der Waals surface area (Å²) in [4.78, 5) is 59.5. The number of benzene rings is 3. The van der Waals surface area contributed by atoms with Crippen LogP contribution >= 0.6 is 11.6 Å². The number of carbonyl (C=O) groups is 4. The van der Waals surface area contributed by atoms with Crippen LogP contribution in [0.2, 0.25) is 5.02 Å². The first-order valence-corrected chi connectivity index (χ1v) is 16.6. The second kappa shape index (κ2) is 16.0. The molecule has 1 fully saturated rings. The van der Waals surface area contributed by atoms with E-state index in [0.29, 0.717) is 36.5 Å². The summed E-state index contributed by atoms with van der Waals surface area (Å²) in [6, 6.07) is 23.8. The molecule has 0 spiro atoms. The molecule has 49 heavy (non-hydrogen) atoms. The number of amides is 3. The van der Waals surface area contributed by atoms with Crippen molar-refractivity contribution in [2.75, 3.05) is 25.0 Å². The molecular weight excluding hydrogens is 644 g/mol. The Bertz CT molecular complexity index is 1730. The molecule has 0 saturated carbocycles. The van der Waals surface area contributed by atoms with Crippen molar-refractivity contribution in [2.24, 2.45) is 11.7 Å². The fourth-order valence-electron chi connectivity index (χ4n) is 5.61. The van der Waals surface area contributed by atoms with E-state index in [1.165, 1.54) is 6.33 Å². The lowest BCUT2D eigenvalue weighted by Crippen LogP contribution is -2.56. The number of rotatable bonds is 13. The second-order valence-electron chi connectivity index (χ2n) is 12.7. The zero-order valence-corrected chi connectivity index (χ0v) is 28.3. The Hall–Kier alpha value is -4.84. The molecule has 2 unspecified atom stereocenters. The molecule has 1 aliphatic rings. The maximum Gasteiger partial charge on any atom is 0.250 e. The Labute approximate surface area is 290 Å². The highest BCUT2D eigenvalue weighted by molar-refractivity contribution is 6.30. The van der Waals surface area contributed by atoms with Crippen LogP contribution in [0.1, 0.15) is 54.2 Å². The Morgan fingerprint density at radius 1 is 0.959 bits per heavy atom. The van der Waals surface area contributed by atoms with Crippen molar-refractivity contribution in [3.8, 4) is 0 Å². The lowest BCUT2D eigenvalue weighted by molar-refractivity contribution is -0.134. The van der Waals surface area contributed by atoms with Gasteiger partial charge in [0.1, 0.15) is 12.1 Å². The molecule has 11 nitrogen and oxygen atoms in total. The molecule has 3 aromatic carbocycles. The molecule has 1 saturated heterocycles. The molecule has 4 N–H and O–H groups in total.